The third-order valence-electron chi connectivity index (χ3n) is 3.58. The Bertz CT molecular complexity index is 417. The zero-order valence-corrected chi connectivity index (χ0v) is 13.4. The van der Waals surface area contributed by atoms with E-state index in [-0.39, 0.29) is 18.3 Å². The molecule has 0 aliphatic carbocycles. The highest BCUT2D eigenvalue weighted by molar-refractivity contribution is 5.85. The van der Waals surface area contributed by atoms with Gasteiger partial charge in [0.15, 0.2) is 0 Å². The standard InChI is InChI=1S/C16H24N2O2.ClH/c1-2-20-15-8-5-13(6-9-15)7-10-16(19)18-12-14-4-3-11-17-14;/h5-6,8-9,14,17H,2-4,7,10-12H2,1H3,(H,18,19);1H. The average molecular weight is 313 g/mol. The number of ether oxygens (including phenoxy) is 1. The van der Waals surface area contributed by atoms with Crippen molar-refractivity contribution < 1.29 is 9.53 Å². The van der Waals surface area contributed by atoms with Crippen LogP contribution < -0.4 is 15.4 Å². The highest BCUT2D eigenvalue weighted by Crippen LogP contribution is 2.13. The number of rotatable bonds is 7. The van der Waals surface area contributed by atoms with Crippen LogP contribution in [0.25, 0.3) is 0 Å². The summed E-state index contributed by atoms with van der Waals surface area (Å²) in [7, 11) is 0. The maximum Gasteiger partial charge on any atom is 0.220 e. The molecule has 1 heterocycles. The van der Waals surface area contributed by atoms with Crippen LogP contribution in [0.3, 0.4) is 0 Å². The van der Waals surface area contributed by atoms with Crippen molar-refractivity contribution in [3.8, 4) is 5.75 Å². The molecular weight excluding hydrogens is 288 g/mol. The molecule has 0 bridgehead atoms. The molecule has 0 radical (unpaired) electrons. The van der Waals surface area contributed by atoms with E-state index in [4.69, 9.17) is 4.74 Å². The molecule has 1 aliphatic rings. The topological polar surface area (TPSA) is 50.4 Å². The van der Waals surface area contributed by atoms with Crippen LogP contribution >= 0.6 is 12.4 Å². The lowest BCUT2D eigenvalue weighted by Crippen LogP contribution is -2.37. The Kier molecular flexibility index (Phi) is 8.16. The molecule has 1 aromatic rings. The molecule has 2 N–H and O–H groups in total. The van der Waals surface area contributed by atoms with Crippen molar-refractivity contribution in [2.75, 3.05) is 19.7 Å². The summed E-state index contributed by atoms with van der Waals surface area (Å²) in [4.78, 5) is 11.8. The summed E-state index contributed by atoms with van der Waals surface area (Å²) in [6.07, 6.45) is 3.70. The van der Waals surface area contributed by atoms with Gasteiger partial charge in [-0.15, -0.1) is 12.4 Å². The second kappa shape index (κ2) is 9.64. The summed E-state index contributed by atoms with van der Waals surface area (Å²) >= 11 is 0. The zero-order chi connectivity index (χ0) is 14.2. The number of carbonyl (C=O) groups excluding carboxylic acids is 1. The minimum atomic E-state index is 0. The molecule has 1 aromatic carbocycles. The fourth-order valence-electron chi connectivity index (χ4n) is 2.43. The predicted molar refractivity (Wildman–Crippen MR) is 87.2 cm³/mol. The molecule has 5 heteroatoms. The summed E-state index contributed by atoms with van der Waals surface area (Å²) in [6.45, 7) is 4.48. The molecule has 2 rings (SSSR count). The van der Waals surface area contributed by atoms with Crippen LogP contribution in [0.15, 0.2) is 24.3 Å². The molecule has 0 aromatic heterocycles. The molecule has 1 unspecified atom stereocenters. The van der Waals surface area contributed by atoms with E-state index in [1.165, 1.54) is 18.4 Å². The number of hydrogen-bond acceptors (Lipinski definition) is 3. The van der Waals surface area contributed by atoms with Crippen molar-refractivity contribution in [3.63, 3.8) is 0 Å². The molecule has 0 spiro atoms. The number of nitrogens with one attached hydrogen (secondary N) is 2. The SMILES string of the molecule is CCOc1ccc(CCC(=O)NCC2CCCN2)cc1.Cl. The van der Waals surface area contributed by atoms with Crippen LogP contribution in [0.2, 0.25) is 0 Å². The lowest BCUT2D eigenvalue weighted by Gasteiger charge is -2.11. The quantitative estimate of drug-likeness (QED) is 0.812. The van der Waals surface area contributed by atoms with Gasteiger partial charge in [-0.25, -0.2) is 0 Å². The third kappa shape index (κ3) is 6.36. The first-order valence-corrected chi connectivity index (χ1v) is 7.49. The molecule has 4 nitrogen and oxygen atoms in total. The summed E-state index contributed by atoms with van der Waals surface area (Å²) in [6, 6.07) is 8.43. The van der Waals surface area contributed by atoms with Gasteiger partial charge >= 0.3 is 0 Å². The molecule has 1 aliphatic heterocycles. The van der Waals surface area contributed by atoms with Crippen LogP contribution in [0.5, 0.6) is 5.75 Å². The Morgan fingerprint density at radius 2 is 2.14 bits per heavy atom. The summed E-state index contributed by atoms with van der Waals surface area (Å²) in [5.41, 5.74) is 1.17. The van der Waals surface area contributed by atoms with Crippen molar-refractivity contribution >= 4 is 18.3 Å². The van der Waals surface area contributed by atoms with Crippen LogP contribution in [0.1, 0.15) is 31.7 Å². The first kappa shape index (κ1) is 17.8. The molecule has 0 saturated carbocycles. The fourth-order valence-corrected chi connectivity index (χ4v) is 2.43. The number of carbonyl (C=O) groups is 1. The van der Waals surface area contributed by atoms with Crippen molar-refractivity contribution in [1.29, 1.82) is 0 Å². The Balaban J connectivity index is 0.00000220. The lowest BCUT2D eigenvalue weighted by atomic mass is 10.1. The van der Waals surface area contributed by atoms with Crippen LogP contribution in [0.4, 0.5) is 0 Å². The van der Waals surface area contributed by atoms with Gasteiger partial charge in [0, 0.05) is 19.0 Å². The first-order valence-electron chi connectivity index (χ1n) is 7.49. The molecular formula is C16H25ClN2O2. The molecule has 118 valence electrons. The summed E-state index contributed by atoms with van der Waals surface area (Å²) in [5, 5.41) is 6.38. The van der Waals surface area contributed by atoms with Gasteiger partial charge in [-0.2, -0.15) is 0 Å². The lowest BCUT2D eigenvalue weighted by molar-refractivity contribution is -0.121. The van der Waals surface area contributed by atoms with Gasteiger partial charge in [0.25, 0.3) is 0 Å². The van der Waals surface area contributed by atoms with Crippen molar-refractivity contribution in [1.82, 2.24) is 10.6 Å². The van der Waals surface area contributed by atoms with Gasteiger partial charge in [0.05, 0.1) is 6.61 Å². The number of benzene rings is 1. The molecule has 1 saturated heterocycles. The highest BCUT2D eigenvalue weighted by Gasteiger charge is 2.14. The van der Waals surface area contributed by atoms with E-state index in [1.54, 1.807) is 0 Å². The Morgan fingerprint density at radius 3 is 2.76 bits per heavy atom. The second-order valence-corrected chi connectivity index (χ2v) is 5.17. The predicted octanol–water partition coefficient (Wildman–Crippen LogP) is 2.31. The normalized spacial score (nSPS) is 17.1. The molecule has 1 atom stereocenters. The van der Waals surface area contributed by atoms with Crippen LogP contribution in [0, 0.1) is 0 Å². The van der Waals surface area contributed by atoms with Gasteiger partial charge in [-0.3, -0.25) is 4.79 Å². The van der Waals surface area contributed by atoms with Gasteiger partial charge in [-0.1, -0.05) is 12.1 Å². The monoisotopic (exact) mass is 312 g/mol. The fraction of sp³-hybridized carbons (Fsp3) is 0.562. The maximum atomic E-state index is 11.8. The molecule has 1 amide bonds. The average Bonchev–Trinajstić information content (AvgIpc) is 2.98. The smallest absolute Gasteiger partial charge is 0.220 e. The number of amides is 1. The molecule has 1 fully saturated rings. The first-order chi connectivity index (χ1) is 9.78. The van der Waals surface area contributed by atoms with Gasteiger partial charge in [0.2, 0.25) is 5.91 Å². The largest absolute Gasteiger partial charge is 0.494 e. The van der Waals surface area contributed by atoms with E-state index in [9.17, 15) is 4.79 Å². The van der Waals surface area contributed by atoms with Gasteiger partial charge < -0.3 is 15.4 Å². The van der Waals surface area contributed by atoms with Crippen LogP contribution in [-0.2, 0) is 11.2 Å². The van der Waals surface area contributed by atoms with E-state index in [2.05, 4.69) is 10.6 Å². The minimum absolute atomic E-state index is 0. The van der Waals surface area contributed by atoms with Crippen molar-refractivity contribution in [2.24, 2.45) is 0 Å². The van der Waals surface area contributed by atoms with E-state index >= 15 is 0 Å². The maximum absolute atomic E-state index is 11.8. The zero-order valence-electron chi connectivity index (χ0n) is 12.6. The van der Waals surface area contributed by atoms with E-state index in [0.29, 0.717) is 19.1 Å². The van der Waals surface area contributed by atoms with Crippen molar-refractivity contribution in [2.45, 2.75) is 38.6 Å². The van der Waals surface area contributed by atoms with E-state index in [0.717, 1.165) is 25.3 Å². The number of hydrogen-bond donors (Lipinski definition) is 2. The van der Waals surface area contributed by atoms with E-state index < -0.39 is 0 Å². The van der Waals surface area contributed by atoms with Gasteiger partial charge in [0.1, 0.15) is 5.75 Å². The second-order valence-electron chi connectivity index (χ2n) is 5.17. The van der Waals surface area contributed by atoms with Crippen molar-refractivity contribution in [3.05, 3.63) is 29.8 Å². The van der Waals surface area contributed by atoms with E-state index in [1.807, 2.05) is 31.2 Å². The highest BCUT2D eigenvalue weighted by atomic mass is 35.5. The minimum Gasteiger partial charge on any atom is -0.494 e. The molecule has 21 heavy (non-hydrogen) atoms. The Morgan fingerprint density at radius 1 is 1.38 bits per heavy atom. The third-order valence-corrected chi connectivity index (χ3v) is 3.58. The number of aryl methyl sites for hydroxylation is 1. The van der Waals surface area contributed by atoms with Crippen LogP contribution in [-0.4, -0.2) is 31.6 Å². The Labute approximate surface area is 133 Å². The summed E-state index contributed by atoms with van der Waals surface area (Å²) in [5.74, 6) is 1.01. The summed E-state index contributed by atoms with van der Waals surface area (Å²) < 4.78 is 5.40. The number of halogens is 1. The van der Waals surface area contributed by atoms with Gasteiger partial charge in [-0.05, 0) is 50.4 Å². The Hall–Kier alpha value is -1.26.